The van der Waals surface area contributed by atoms with E-state index in [4.69, 9.17) is 8.92 Å². The molecule has 1 unspecified atom stereocenters. The van der Waals surface area contributed by atoms with Gasteiger partial charge in [-0.2, -0.15) is 8.42 Å². The number of carbonyl (C=O) groups excluding carboxylic acids is 1. The van der Waals surface area contributed by atoms with Crippen molar-refractivity contribution in [3.05, 3.63) is 58.9 Å². The zero-order valence-corrected chi connectivity index (χ0v) is 20.8. The van der Waals surface area contributed by atoms with Gasteiger partial charge in [0.1, 0.15) is 5.82 Å². The topological polar surface area (TPSA) is 77.8 Å². The van der Waals surface area contributed by atoms with E-state index in [2.05, 4.69) is 31.0 Å². The minimum absolute atomic E-state index is 0.0168. The van der Waals surface area contributed by atoms with E-state index >= 15 is 0 Å². The van der Waals surface area contributed by atoms with Crippen LogP contribution < -0.4 is 0 Å². The van der Waals surface area contributed by atoms with Crippen LogP contribution >= 0.6 is 0 Å². The number of likely N-dealkylation sites (tertiary alicyclic amines) is 1. The molecule has 4 rings (SSSR count). The molecule has 1 aromatic heterocycles. The van der Waals surface area contributed by atoms with E-state index in [-0.39, 0.29) is 17.7 Å². The van der Waals surface area contributed by atoms with E-state index in [1.807, 2.05) is 12.1 Å². The van der Waals surface area contributed by atoms with Gasteiger partial charge in [0.05, 0.1) is 36.7 Å². The van der Waals surface area contributed by atoms with Gasteiger partial charge in [-0.05, 0) is 56.6 Å². The lowest BCUT2D eigenvalue weighted by molar-refractivity contribution is 0.0602. The van der Waals surface area contributed by atoms with E-state index < -0.39 is 21.9 Å². The Morgan fingerprint density at radius 1 is 1.18 bits per heavy atom. The predicted molar refractivity (Wildman–Crippen MR) is 129 cm³/mol. The highest BCUT2D eigenvalue weighted by molar-refractivity contribution is 7.85. The molecule has 1 atom stereocenters. The second-order valence-corrected chi connectivity index (χ2v) is 10.7. The molecule has 9 heteroatoms. The highest BCUT2D eigenvalue weighted by atomic mass is 32.2. The fourth-order valence-electron chi connectivity index (χ4n) is 5.01. The minimum Gasteiger partial charge on any atom is -0.465 e. The number of ether oxygens (including phenoxy) is 1. The average Bonchev–Trinajstić information content (AvgIpc) is 3.27. The maximum atomic E-state index is 14.4. The molecule has 7 nitrogen and oxygen atoms in total. The van der Waals surface area contributed by atoms with Crippen LogP contribution in [-0.2, 0) is 38.2 Å². The Kier molecular flexibility index (Phi) is 6.30. The molecule has 0 amide bonds. The van der Waals surface area contributed by atoms with Crippen LogP contribution in [0, 0.1) is 5.82 Å². The monoisotopic (exact) mass is 488 g/mol. The molecule has 0 spiro atoms. The van der Waals surface area contributed by atoms with Crippen molar-refractivity contribution in [2.24, 2.45) is 7.05 Å². The quantitative estimate of drug-likeness (QED) is 0.383. The normalized spacial score (nSPS) is 19.1. The smallest absolute Gasteiger partial charge is 0.338 e. The number of aryl methyl sites for hydroxylation is 1. The zero-order chi connectivity index (χ0) is 24.8. The molecule has 0 radical (unpaired) electrons. The lowest BCUT2D eigenvalue weighted by Gasteiger charge is -2.33. The second kappa shape index (κ2) is 8.79. The van der Waals surface area contributed by atoms with Crippen molar-refractivity contribution < 1.29 is 26.5 Å². The number of rotatable bonds is 6. The molecule has 182 valence electrons. The Morgan fingerprint density at radius 3 is 2.41 bits per heavy atom. The first-order valence-electron chi connectivity index (χ1n) is 11.0. The second-order valence-electron chi connectivity index (χ2n) is 9.07. The molecule has 0 aliphatic carbocycles. The fourth-order valence-corrected chi connectivity index (χ4v) is 5.34. The Morgan fingerprint density at radius 2 is 1.85 bits per heavy atom. The molecule has 3 aromatic rings. The minimum atomic E-state index is -3.76. The van der Waals surface area contributed by atoms with Crippen LogP contribution in [0.2, 0.25) is 0 Å². The van der Waals surface area contributed by atoms with Gasteiger partial charge in [0.25, 0.3) is 10.1 Å². The van der Waals surface area contributed by atoms with Crippen molar-refractivity contribution in [3.63, 3.8) is 0 Å². The SMILES string of the molecule is COC(=O)c1cc(F)cc2c1c(COS(C)(=O)=O)c(-c1ccc(C3(C)CCCN3C)cc1)n2C. The number of halogens is 1. The van der Waals surface area contributed by atoms with E-state index in [0.29, 0.717) is 22.2 Å². The lowest BCUT2D eigenvalue weighted by Crippen LogP contribution is -2.35. The number of carbonyl (C=O) groups is 1. The molecule has 0 bridgehead atoms. The molecule has 34 heavy (non-hydrogen) atoms. The standard InChI is InChI=1S/C25H29FN2O5S/c1-25(11-6-12-27(25)2)17-9-7-16(8-10-17)23-20(15-33-34(5,30)31)22-19(24(29)32-4)13-18(26)14-21(22)28(23)3/h7-10,13-14H,6,11-12,15H2,1-5H3. The average molecular weight is 489 g/mol. The largest absolute Gasteiger partial charge is 0.465 e. The molecule has 0 N–H and O–H groups in total. The number of hydrogen-bond donors (Lipinski definition) is 0. The number of esters is 1. The molecule has 2 heterocycles. The number of benzene rings is 2. The highest BCUT2D eigenvalue weighted by Gasteiger charge is 2.35. The fraction of sp³-hybridized carbons (Fsp3) is 0.400. The summed E-state index contributed by atoms with van der Waals surface area (Å²) in [6.45, 7) is 2.96. The summed E-state index contributed by atoms with van der Waals surface area (Å²) in [5.41, 5.74) is 3.50. The van der Waals surface area contributed by atoms with Gasteiger partial charge >= 0.3 is 5.97 Å². The van der Waals surface area contributed by atoms with Gasteiger partial charge in [0, 0.05) is 23.5 Å². The number of aromatic nitrogens is 1. The van der Waals surface area contributed by atoms with Crippen LogP contribution in [0.3, 0.4) is 0 Å². The van der Waals surface area contributed by atoms with Gasteiger partial charge in [-0.3, -0.25) is 9.08 Å². The van der Waals surface area contributed by atoms with Gasteiger partial charge in [-0.1, -0.05) is 24.3 Å². The van der Waals surface area contributed by atoms with Crippen LogP contribution in [0.25, 0.3) is 22.2 Å². The van der Waals surface area contributed by atoms with Gasteiger partial charge in [-0.15, -0.1) is 0 Å². The maximum absolute atomic E-state index is 14.4. The summed E-state index contributed by atoms with van der Waals surface area (Å²) in [6.07, 6.45) is 3.16. The van der Waals surface area contributed by atoms with Crippen LogP contribution in [0.1, 0.15) is 41.3 Å². The molecule has 1 aliphatic heterocycles. The van der Waals surface area contributed by atoms with Crippen molar-refractivity contribution >= 4 is 27.0 Å². The molecule has 0 saturated carbocycles. The molecule has 2 aromatic carbocycles. The van der Waals surface area contributed by atoms with Crippen molar-refractivity contribution in [2.45, 2.75) is 31.9 Å². The third kappa shape index (κ3) is 4.23. The summed E-state index contributed by atoms with van der Waals surface area (Å²) >= 11 is 0. The molecule has 1 aliphatic rings. The van der Waals surface area contributed by atoms with Crippen LogP contribution in [0.4, 0.5) is 4.39 Å². The summed E-state index contributed by atoms with van der Waals surface area (Å²) < 4.78 is 49.8. The van der Waals surface area contributed by atoms with Crippen molar-refractivity contribution in [2.75, 3.05) is 27.0 Å². The molecular formula is C25H29FN2O5S. The van der Waals surface area contributed by atoms with Crippen LogP contribution in [0.5, 0.6) is 0 Å². The first-order valence-corrected chi connectivity index (χ1v) is 12.8. The predicted octanol–water partition coefficient (Wildman–Crippen LogP) is 4.19. The van der Waals surface area contributed by atoms with E-state index in [1.54, 1.807) is 11.6 Å². The molecule has 1 fully saturated rings. The molecular weight excluding hydrogens is 459 g/mol. The van der Waals surface area contributed by atoms with Gasteiger partial charge in [0.2, 0.25) is 0 Å². The number of hydrogen-bond acceptors (Lipinski definition) is 6. The summed E-state index contributed by atoms with van der Waals surface area (Å²) in [5, 5.41) is 0.404. The highest BCUT2D eigenvalue weighted by Crippen LogP contribution is 2.40. The maximum Gasteiger partial charge on any atom is 0.338 e. The van der Waals surface area contributed by atoms with Crippen molar-refractivity contribution in [1.82, 2.24) is 9.47 Å². The third-order valence-electron chi connectivity index (χ3n) is 6.97. The van der Waals surface area contributed by atoms with Crippen molar-refractivity contribution in [1.29, 1.82) is 0 Å². The summed E-state index contributed by atoms with van der Waals surface area (Å²) in [7, 11) is 1.32. The lowest BCUT2D eigenvalue weighted by atomic mass is 9.88. The third-order valence-corrected chi connectivity index (χ3v) is 7.52. The summed E-state index contributed by atoms with van der Waals surface area (Å²) in [4.78, 5) is 14.8. The van der Waals surface area contributed by atoms with Crippen molar-refractivity contribution in [3.8, 4) is 11.3 Å². The first kappa shape index (κ1) is 24.4. The number of nitrogens with zero attached hydrogens (tertiary/aromatic N) is 2. The Balaban J connectivity index is 1.93. The Hall–Kier alpha value is -2.75. The van der Waals surface area contributed by atoms with E-state index in [9.17, 15) is 17.6 Å². The van der Waals surface area contributed by atoms with Crippen LogP contribution in [0.15, 0.2) is 36.4 Å². The molecule has 1 saturated heterocycles. The number of fused-ring (bicyclic) bond motifs is 1. The van der Waals surface area contributed by atoms with Crippen LogP contribution in [-0.4, -0.2) is 50.8 Å². The summed E-state index contributed by atoms with van der Waals surface area (Å²) in [5.74, 6) is -1.31. The van der Waals surface area contributed by atoms with Gasteiger partial charge in [0.15, 0.2) is 0 Å². The van der Waals surface area contributed by atoms with Gasteiger partial charge in [-0.25, -0.2) is 9.18 Å². The van der Waals surface area contributed by atoms with E-state index in [1.165, 1.54) is 18.7 Å². The Labute approximate surface area is 199 Å². The first-order chi connectivity index (χ1) is 16.0. The van der Waals surface area contributed by atoms with Gasteiger partial charge < -0.3 is 9.30 Å². The number of methoxy groups -OCH3 is 1. The zero-order valence-electron chi connectivity index (χ0n) is 20.0. The van der Waals surface area contributed by atoms with E-state index in [0.717, 1.165) is 37.3 Å². The summed E-state index contributed by atoms with van der Waals surface area (Å²) in [6, 6.07) is 10.5. The Bertz CT molecular complexity index is 1360.